The standard InChI is InChI=1S/C15H16N2O3/c16-11-15(7-1-2-8-15)17-14(19)10-20-13-5-3-12(9-18)4-6-13/h3-6,9H,1-2,7-8,10H2,(H,17,19). The van der Waals surface area contributed by atoms with Crippen LogP contribution >= 0.6 is 0 Å². The Morgan fingerprint density at radius 3 is 2.55 bits per heavy atom. The number of hydrogen-bond acceptors (Lipinski definition) is 4. The van der Waals surface area contributed by atoms with E-state index in [0.717, 1.165) is 19.1 Å². The summed E-state index contributed by atoms with van der Waals surface area (Å²) >= 11 is 0. The maximum absolute atomic E-state index is 11.8. The Balaban J connectivity index is 1.85. The van der Waals surface area contributed by atoms with E-state index in [9.17, 15) is 9.59 Å². The summed E-state index contributed by atoms with van der Waals surface area (Å²) in [5.41, 5.74) is -0.168. The number of rotatable bonds is 5. The molecule has 1 aromatic rings. The van der Waals surface area contributed by atoms with Crippen LogP contribution in [0.5, 0.6) is 5.75 Å². The van der Waals surface area contributed by atoms with Crippen molar-refractivity contribution in [3.8, 4) is 11.8 Å². The first-order valence-electron chi connectivity index (χ1n) is 6.58. The van der Waals surface area contributed by atoms with E-state index in [1.165, 1.54) is 0 Å². The summed E-state index contributed by atoms with van der Waals surface area (Å²) in [6.45, 7) is -0.135. The minimum Gasteiger partial charge on any atom is -0.484 e. The summed E-state index contributed by atoms with van der Waals surface area (Å²) in [6.07, 6.45) is 4.06. The van der Waals surface area contributed by atoms with Crippen LogP contribution in [0.1, 0.15) is 36.0 Å². The average Bonchev–Trinajstić information content (AvgIpc) is 2.95. The van der Waals surface area contributed by atoms with E-state index in [1.807, 2.05) is 0 Å². The van der Waals surface area contributed by atoms with Crippen LogP contribution in [0.25, 0.3) is 0 Å². The highest BCUT2D eigenvalue weighted by atomic mass is 16.5. The summed E-state index contributed by atoms with van der Waals surface area (Å²) in [7, 11) is 0. The molecule has 0 saturated heterocycles. The molecule has 0 aromatic heterocycles. The van der Waals surface area contributed by atoms with Crippen molar-refractivity contribution in [2.45, 2.75) is 31.2 Å². The van der Waals surface area contributed by atoms with Gasteiger partial charge < -0.3 is 10.1 Å². The van der Waals surface area contributed by atoms with Gasteiger partial charge in [0.25, 0.3) is 5.91 Å². The zero-order valence-electron chi connectivity index (χ0n) is 11.1. The normalized spacial score (nSPS) is 16.1. The minimum atomic E-state index is -0.720. The Labute approximate surface area is 117 Å². The minimum absolute atomic E-state index is 0.135. The van der Waals surface area contributed by atoms with Crippen LogP contribution in [0, 0.1) is 11.3 Å². The molecule has 1 fully saturated rings. The fraction of sp³-hybridized carbons (Fsp3) is 0.400. The third-order valence-electron chi connectivity index (χ3n) is 3.44. The molecule has 5 heteroatoms. The van der Waals surface area contributed by atoms with Crippen molar-refractivity contribution in [2.24, 2.45) is 0 Å². The highest BCUT2D eigenvalue weighted by Crippen LogP contribution is 2.28. The van der Waals surface area contributed by atoms with E-state index < -0.39 is 5.54 Å². The molecule has 0 atom stereocenters. The van der Waals surface area contributed by atoms with Crippen molar-refractivity contribution in [3.05, 3.63) is 29.8 Å². The van der Waals surface area contributed by atoms with Crippen molar-refractivity contribution < 1.29 is 14.3 Å². The Hall–Kier alpha value is -2.35. The number of hydrogen-bond donors (Lipinski definition) is 1. The van der Waals surface area contributed by atoms with Crippen LogP contribution in [0.3, 0.4) is 0 Å². The molecule has 0 spiro atoms. The lowest BCUT2D eigenvalue weighted by Gasteiger charge is -2.21. The Bertz CT molecular complexity index is 525. The number of ether oxygens (including phenoxy) is 1. The first kappa shape index (κ1) is 14.1. The molecule has 20 heavy (non-hydrogen) atoms. The van der Waals surface area contributed by atoms with Gasteiger partial charge in [0.1, 0.15) is 17.6 Å². The lowest BCUT2D eigenvalue weighted by Crippen LogP contribution is -2.47. The van der Waals surface area contributed by atoms with E-state index in [2.05, 4.69) is 11.4 Å². The van der Waals surface area contributed by atoms with Gasteiger partial charge in [-0.05, 0) is 49.9 Å². The third kappa shape index (κ3) is 3.35. The summed E-state index contributed by atoms with van der Waals surface area (Å²) in [5.74, 6) is 0.219. The lowest BCUT2D eigenvalue weighted by molar-refractivity contribution is -0.124. The number of carbonyl (C=O) groups excluding carboxylic acids is 2. The number of nitrogens with one attached hydrogen (secondary N) is 1. The van der Waals surface area contributed by atoms with Gasteiger partial charge in [-0.1, -0.05) is 0 Å². The molecule has 1 N–H and O–H groups in total. The quantitative estimate of drug-likeness (QED) is 0.829. The van der Waals surface area contributed by atoms with Crippen LogP contribution in [0.4, 0.5) is 0 Å². The highest BCUT2D eigenvalue weighted by molar-refractivity contribution is 5.79. The number of benzene rings is 1. The average molecular weight is 272 g/mol. The van der Waals surface area contributed by atoms with E-state index in [4.69, 9.17) is 10.00 Å². The summed E-state index contributed by atoms with van der Waals surface area (Å²) in [6, 6.07) is 8.70. The third-order valence-corrected chi connectivity index (χ3v) is 3.44. The second-order valence-corrected chi connectivity index (χ2v) is 4.92. The Morgan fingerprint density at radius 2 is 2.00 bits per heavy atom. The van der Waals surface area contributed by atoms with Crippen LogP contribution in [0.15, 0.2) is 24.3 Å². The molecule has 0 heterocycles. The van der Waals surface area contributed by atoms with Gasteiger partial charge in [0, 0.05) is 5.56 Å². The molecule has 1 aliphatic rings. The molecule has 1 aliphatic carbocycles. The van der Waals surface area contributed by atoms with Crippen molar-refractivity contribution in [3.63, 3.8) is 0 Å². The highest BCUT2D eigenvalue weighted by Gasteiger charge is 2.35. The predicted octanol–water partition coefficient (Wildman–Crippen LogP) is 1.83. The fourth-order valence-electron chi connectivity index (χ4n) is 2.34. The van der Waals surface area contributed by atoms with Gasteiger partial charge >= 0.3 is 0 Å². The first-order valence-corrected chi connectivity index (χ1v) is 6.58. The van der Waals surface area contributed by atoms with Crippen LogP contribution in [-0.2, 0) is 4.79 Å². The zero-order chi connectivity index (χ0) is 14.4. The molecule has 1 saturated carbocycles. The van der Waals surface area contributed by atoms with Crippen molar-refractivity contribution in [1.29, 1.82) is 5.26 Å². The second kappa shape index (κ2) is 6.20. The number of amides is 1. The Kier molecular flexibility index (Phi) is 4.36. The van der Waals surface area contributed by atoms with Gasteiger partial charge in [0.05, 0.1) is 6.07 Å². The van der Waals surface area contributed by atoms with Crippen LogP contribution < -0.4 is 10.1 Å². The van der Waals surface area contributed by atoms with Crippen molar-refractivity contribution >= 4 is 12.2 Å². The summed E-state index contributed by atoms with van der Waals surface area (Å²) in [5, 5.41) is 11.9. The van der Waals surface area contributed by atoms with Gasteiger partial charge in [0.15, 0.2) is 6.61 Å². The second-order valence-electron chi connectivity index (χ2n) is 4.92. The number of nitrogens with zero attached hydrogens (tertiary/aromatic N) is 1. The molecule has 0 aliphatic heterocycles. The van der Waals surface area contributed by atoms with E-state index in [0.29, 0.717) is 24.2 Å². The van der Waals surface area contributed by atoms with E-state index in [1.54, 1.807) is 24.3 Å². The zero-order valence-corrected chi connectivity index (χ0v) is 11.1. The van der Waals surface area contributed by atoms with Crippen molar-refractivity contribution in [1.82, 2.24) is 5.32 Å². The van der Waals surface area contributed by atoms with Crippen molar-refractivity contribution in [2.75, 3.05) is 6.61 Å². The smallest absolute Gasteiger partial charge is 0.259 e. The fourth-order valence-corrected chi connectivity index (χ4v) is 2.34. The number of nitriles is 1. The molecule has 0 bridgehead atoms. The van der Waals surface area contributed by atoms with Gasteiger partial charge in [-0.2, -0.15) is 5.26 Å². The Morgan fingerprint density at radius 1 is 1.35 bits per heavy atom. The van der Waals surface area contributed by atoms with Crippen LogP contribution in [0.2, 0.25) is 0 Å². The van der Waals surface area contributed by atoms with Gasteiger partial charge in [-0.15, -0.1) is 0 Å². The summed E-state index contributed by atoms with van der Waals surface area (Å²) in [4.78, 5) is 22.3. The predicted molar refractivity (Wildman–Crippen MR) is 72.3 cm³/mol. The molecule has 5 nitrogen and oxygen atoms in total. The van der Waals surface area contributed by atoms with Gasteiger partial charge in [-0.25, -0.2) is 0 Å². The molecular formula is C15H16N2O3. The van der Waals surface area contributed by atoms with E-state index in [-0.39, 0.29) is 12.5 Å². The first-order chi connectivity index (χ1) is 9.67. The van der Waals surface area contributed by atoms with Crippen LogP contribution in [-0.4, -0.2) is 24.3 Å². The molecule has 2 rings (SSSR count). The maximum Gasteiger partial charge on any atom is 0.259 e. The molecule has 104 valence electrons. The molecule has 0 unspecified atom stereocenters. The molecule has 1 amide bonds. The monoisotopic (exact) mass is 272 g/mol. The topological polar surface area (TPSA) is 79.2 Å². The van der Waals surface area contributed by atoms with E-state index >= 15 is 0 Å². The van der Waals surface area contributed by atoms with Gasteiger partial charge in [0.2, 0.25) is 0 Å². The largest absolute Gasteiger partial charge is 0.484 e. The lowest BCUT2D eigenvalue weighted by atomic mass is 10.00. The number of aldehydes is 1. The molecule has 0 radical (unpaired) electrons. The SMILES string of the molecule is N#CC1(NC(=O)COc2ccc(C=O)cc2)CCCC1. The molecule has 1 aromatic carbocycles. The van der Waals surface area contributed by atoms with Gasteiger partial charge in [-0.3, -0.25) is 9.59 Å². The maximum atomic E-state index is 11.8. The molecular weight excluding hydrogens is 256 g/mol. The number of carbonyl (C=O) groups is 2. The summed E-state index contributed by atoms with van der Waals surface area (Å²) < 4.78 is 5.33.